The van der Waals surface area contributed by atoms with Crippen molar-refractivity contribution in [2.75, 3.05) is 7.05 Å². The number of rotatable bonds is 1. The Morgan fingerprint density at radius 3 is 1.75 bits per heavy atom. The van der Waals surface area contributed by atoms with E-state index in [1.165, 1.54) is 0 Å². The summed E-state index contributed by atoms with van der Waals surface area (Å²) in [5, 5.41) is 2.25. The topological polar surface area (TPSA) is 55.1 Å². The van der Waals surface area contributed by atoms with Crippen molar-refractivity contribution < 1.29 is 4.79 Å². The smallest absolute Gasteiger partial charge is 0.206 e. The minimum Gasteiger partial charge on any atom is -0.362 e. The first-order chi connectivity index (χ1) is 3.65. The molecule has 0 aromatic rings. The summed E-state index contributed by atoms with van der Waals surface area (Å²) in [6, 6.07) is 0.333. The molecule has 3 nitrogen and oxygen atoms in total. The molecule has 3 N–H and O–H groups in total. The van der Waals surface area contributed by atoms with E-state index in [9.17, 15) is 0 Å². The average Bonchev–Trinajstić information content (AvgIpc) is 1.65. The van der Waals surface area contributed by atoms with Gasteiger partial charge >= 0.3 is 0 Å². The van der Waals surface area contributed by atoms with E-state index in [1.54, 1.807) is 7.05 Å². The van der Waals surface area contributed by atoms with Gasteiger partial charge in [0.1, 0.15) is 0 Å². The second kappa shape index (κ2) is 9.66. The fourth-order valence-electron chi connectivity index (χ4n) is 0. The monoisotopic (exact) mass is 118 g/mol. The maximum Gasteiger partial charge on any atom is 0.206 e. The SMILES string of the molecule is CC(C)N.CNC=O. The molecule has 50 valence electrons. The molecule has 0 fully saturated rings. The third-order valence-electron chi connectivity index (χ3n) is 0.118. The maximum absolute atomic E-state index is 9.06. The van der Waals surface area contributed by atoms with Crippen molar-refractivity contribution in [3.05, 3.63) is 0 Å². The first-order valence-electron chi connectivity index (χ1n) is 2.51. The van der Waals surface area contributed by atoms with E-state index in [-0.39, 0.29) is 0 Å². The van der Waals surface area contributed by atoms with Gasteiger partial charge in [-0.15, -0.1) is 0 Å². The van der Waals surface area contributed by atoms with Crippen LogP contribution in [-0.4, -0.2) is 19.5 Å². The van der Waals surface area contributed by atoms with E-state index in [0.29, 0.717) is 12.5 Å². The van der Waals surface area contributed by atoms with Crippen LogP contribution in [-0.2, 0) is 4.79 Å². The van der Waals surface area contributed by atoms with Gasteiger partial charge in [0.05, 0.1) is 0 Å². The zero-order valence-electron chi connectivity index (χ0n) is 5.64. The molecule has 0 bridgehead atoms. The summed E-state index contributed by atoms with van der Waals surface area (Å²) in [5.74, 6) is 0. The van der Waals surface area contributed by atoms with Gasteiger partial charge in [-0.25, -0.2) is 0 Å². The summed E-state index contributed by atoms with van der Waals surface area (Å²) in [6.07, 6.45) is 0.625. The number of nitrogens with two attached hydrogens (primary N) is 1. The van der Waals surface area contributed by atoms with Crippen molar-refractivity contribution >= 4 is 6.41 Å². The van der Waals surface area contributed by atoms with E-state index < -0.39 is 0 Å². The van der Waals surface area contributed by atoms with Crippen LogP contribution in [0.5, 0.6) is 0 Å². The van der Waals surface area contributed by atoms with Crippen LogP contribution in [0.1, 0.15) is 13.8 Å². The van der Waals surface area contributed by atoms with Crippen molar-refractivity contribution in [3.8, 4) is 0 Å². The molecule has 0 rings (SSSR count). The van der Waals surface area contributed by atoms with Crippen LogP contribution in [0.3, 0.4) is 0 Å². The Morgan fingerprint density at radius 2 is 1.75 bits per heavy atom. The average molecular weight is 118 g/mol. The quantitative estimate of drug-likeness (QED) is 0.465. The lowest BCUT2D eigenvalue weighted by molar-refractivity contribution is -0.109. The lowest BCUT2D eigenvalue weighted by Gasteiger charge is -1.81. The molecule has 0 heterocycles. The number of hydrogen-bond acceptors (Lipinski definition) is 2. The van der Waals surface area contributed by atoms with Crippen LogP contribution in [0.15, 0.2) is 0 Å². The molecule has 1 amide bonds. The Hall–Kier alpha value is -0.570. The standard InChI is InChI=1S/C3H9N.C2H5NO/c1-3(2)4;1-3-2-4/h3H,4H2,1-2H3;2H,1H3,(H,3,4). The van der Waals surface area contributed by atoms with Crippen LogP contribution >= 0.6 is 0 Å². The molecule has 0 unspecified atom stereocenters. The molecule has 8 heavy (non-hydrogen) atoms. The Balaban J connectivity index is 0. The van der Waals surface area contributed by atoms with Crippen molar-refractivity contribution in [2.24, 2.45) is 5.73 Å². The minimum absolute atomic E-state index is 0.333. The third kappa shape index (κ3) is 576. The van der Waals surface area contributed by atoms with Gasteiger partial charge in [0.25, 0.3) is 0 Å². The predicted molar refractivity (Wildman–Crippen MR) is 34.4 cm³/mol. The maximum atomic E-state index is 9.06. The van der Waals surface area contributed by atoms with Crippen LogP contribution in [0.25, 0.3) is 0 Å². The zero-order valence-corrected chi connectivity index (χ0v) is 5.64. The number of carbonyl (C=O) groups is 1. The molecule has 0 atom stereocenters. The molecule has 0 radical (unpaired) electrons. The molecule has 0 aliphatic rings. The first kappa shape index (κ1) is 10.4. The summed E-state index contributed by atoms with van der Waals surface area (Å²) >= 11 is 0. The van der Waals surface area contributed by atoms with E-state index in [4.69, 9.17) is 10.5 Å². The van der Waals surface area contributed by atoms with E-state index in [2.05, 4.69) is 5.32 Å². The fourth-order valence-corrected chi connectivity index (χ4v) is 0. The second-order valence-corrected chi connectivity index (χ2v) is 1.65. The lowest BCUT2D eigenvalue weighted by Crippen LogP contribution is -2.06. The Kier molecular flexibility index (Phi) is 12.6. The van der Waals surface area contributed by atoms with Crippen molar-refractivity contribution in [2.45, 2.75) is 19.9 Å². The Labute approximate surface area is 50.3 Å². The van der Waals surface area contributed by atoms with E-state index in [1.807, 2.05) is 13.8 Å². The molecule has 0 saturated carbocycles. The first-order valence-corrected chi connectivity index (χ1v) is 2.51. The van der Waals surface area contributed by atoms with Gasteiger partial charge in [-0.05, 0) is 6.04 Å². The van der Waals surface area contributed by atoms with Gasteiger partial charge in [0.2, 0.25) is 6.41 Å². The zero-order chi connectivity index (χ0) is 6.99. The molecular weight excluding hydrogens is 104 g/mol. The predicted octanol–water partition coefficient (Wildman–Crippen LogP) is -0.284. The van der Waals surface area contributed by atoms with Gasteiger partial charge in [0, 0.05) is 7.05 Å². The molecule has 0 aromatic carbocycles. The number of amides is 1. The van der Waals surface area contributed by atoms with Gasteiger partial charge in [-0.2, -0.15) is 0 Å². The summed E-state index contributed by atoms with van der Waals surface area (Å²) < 4.78 is 0. The minimum atomic E-state index is 0.333. The van der Waals surface area contributed by atoms with Crippen LogP contribution in [0.2, 0.25) is 0 Å². The Bertz CT molecular complexity index is 42.9. The number of nitrogens with one attached hydrogen (secondary N) is 1. The van der Waals surface area contributed by atoms with Crippen LogP contribution < -0.4 is 11.1 Å². The molecule has 0 aliphatic heterocycles. The Morgan fingerprint density at radius 1 is 1.62 bits per heavy atom. The van der Waals surface area contributed by atoms with Gasteiger partial charge in [-0.1, -0.05) is 13.8 Å². The molecule has 3 heteroatoms. The summed E-state index contributed by atoms with van der Waals surface area (Å²) in [7, 11) is 1.56. The van der Waals surface area contributed by atoms with Gasteiger partial charge < -0.3 is 11.1 Å². The van der Waals surface area contributed by atoms with Crippen molar-refractivity contribution in [1.82, 2.24) is 5.32 Å². The third-order valence-corrected chi connectivity index (χ3v) is 0.118. The number of carbonyl (C=O) groups excluding carboxylic acids is 1. The summed E-state index contributed by atoms with van der Waals surface area (Å²) in [4.78, 5) is 9.06. The molecule has 0 aliphatic carbocycles. The van der Waals surface area contributed by atoms with Crippen LogP contribution in [0, 0.1) is 0 Å². The molecule has 0 spiro atoms. The highest BCUT2D eigenvalue weighted by molar-refractivity contribution is 5.44. The van der Waals surface area contributed by atoms with E-state index >= 15 is 0 Å². The number of hydrogen-bond donors (Lipinski definition) is 2. The van der Waals surface area contributed by atoms with Crippen molar-refractivity contribution in [1.29, 1.82) is 0 Å². The second-order valence-electron chi connectivity index (χ2n) is 1.65. The summed E-state index contributed by atoms with van der Waals surface area (Å²) in [5.41, 5.74) is 5.11. The highest BCUT2D eigenvalue weighted by Crippen LogP contribution is 1.58. The summed E-state index contributed by atoms with van der Waals surface area (Å²) in [6.45, 7) is 3.89. The molecular formula is C5H14N2O. The normalized spacial score (nSPS) is 7.12. The van der Waals surface area contributed by atoms with E-state index in [0.717, 1.165) is 0 Å². The van der Waals surface area contributed by atoms with Crippen LogP contribution in [0.4, 0.5) is 0 Å². The van der Waals surface area contributed by atoms with Crippen molar-refractivity contribution in [3.63, 3.8) is 0 Å². The fraction of sp³-hybridized carbons (Fsp3) is 0.800. The largest absolute Gasteiger partial charge is 0.362 e. The molecule has 0 aromatic heterocycles. The highest BCUT2D eigenvalue weighted by atomic mass is 16.1. The lowest BCUT2D eigenvalue weighted by atomic mass is 10.5. The van der Waals surface area contributed by atoms with Gasteiger partial charge in [-0.3, -0.25) is 4.79 Å². The van der Waals surface area contributed by atoms with Gasteiger partial charge in [0.15, 0.2) is 0 Å². The highest BCUT2D eigenvalue weighted by Gasteiger charge is 1.67. The molecule has 0 saturated heterocycles.